The van der Waals surface area contributed by atoms with Gasteiger partial charge in [-0.25, -0.2) is 9.48 Å². The number of aromatic nitrogens is 3. The Bertz CT molecular complexity index is 934. The Balaban J connectivity index is 1.39. The number of nitrogens with one attached hydrogen (secondary N) is 2. The lowest BCUT2D eigenvalue weighted by atomic mass is 10.2. The van der Waals surface area contributed by atoms with E-state index < -0.39 is 12.8 Å². The Morgan fingerprint density at radius 2 is 2.00 bits per heavy atom. The Hall–Kier alpha value is -2.98. The van der Waals surface area contributed by atoms with Crippen molar-refractivity contribution in [1.29, 1.82) is 0 Å². The first kappa shape index (κ1) is 22.7. The fraction of sp³-hybridized carbons (Fsp3) is 0.550. The number of benzene rings is 1. The summed E-state index contributed by atoms with van der Waals surface area (Å²) in [6, 6.07) is 6.39. The Morgan fingerprint density at radius 1 is 1.23 bits per heavy atom. The highest BCUT2D eigenvalue weighted by atomic mass is 19.4. The molecule has 2 aromatic rings. The number of aryl methyl sites for hydroxylation is 2. The van der Waals surface area contributed by atoms with Crippen molar-refractivity contribution in [2.75, 3.05) is 20.2 Å². The largest absolute Gasteiger partial charge is 0.484 e. The molecule has 1 aliphatic rings. The Kier molecular flexibility index (Phi) is 7.59. The first-order valence-electron chi connectivity index (χ1n) is 10.3. The van der Waals surface area contributed by atoms with E-state index in [0.717, 1.165) is 37.2 Å². The quantitative estimate of drug-likeness (QED) is 0.373. The van der Waals surface area contributed by atoms with Crippen LogP contribution >= 0.6 is 0 Å². The average molecular weight is 440 g/mol. The predicted molar refractivity (Wildman–Crippen MR) is 110 cm³/mol. The fourth-order valence-corrected chi connectivity index (χ4v) is 3.30. The molecule has 0 saturated carbocycles. The van der Waals surface area contributed by atoms with Gasteiger partial charge in [-0.05, 0) is 37.0 Å². The molecular weight excluding hydrogens is 413 g/mol. The SMILES string of the molecule is CN=C(NCCCn1nc2n(c1=O)CCCC2)NCc1ccc(OCC(F)(F)F)cc1. The molecule has 170 valence electrons. The summed E-state index contributed by atoms with van der Waals surface area (Å²) in [6.45, 7) is 1.03. The highest BCUT2D eigenvalue weighted by molar-refractivity contribution is 5.79. The summed E-state index contributed by atoms with van der Waals surface area (Å²) in [5.74, 6) is 1.63. The van der Waals surface area contributed by atoms with Crippen LogP contribution in [0.4, 0.5) is 13.2 Å². The second-order valence-corrected chi connectivity index (χ2v) is 7.28. The van der Waals surface area contributed by atoms with Crippen molar-refractivity contribution in [3.8, 4) is 5.75 Å². The summed E-state index contributed by atoms with van der Waals surface area (Å²) >= 11 is 0. The Morgan fingerprint density at radius 3 is 2.68 bits per heavy atom. The summed E-state index contributed by atoms with van der Waals surface area (Å²) < 4.78 is 44.6. The topological polar surface area (TPSA) is 85.5 Å². The van der Waals surface area contributed by atoms with E-state index >= 15 is 0 Å². The predicted octanol–water partition coefficient (Wildman–Crippen LogP) is 2.08. The summed E-state index contributed by atoms with van der Waals surface area (Å²) in [6.07, 6.45) is -0.702. The maximum Gasteiger partial charge on any atom is 0.422 e. The van der Waals surface area contributed by atoms with Crippen LogP contribution < -0.4 is 21.1 Å². The summed E-state index contributed by atoms with van der Waals surface area (Å²) in [5, 5.41) is 10.7. The number of alkyl halides is 3. The van der Waals surface area contributed by atoms with Gasteiger partial charge in [0.05, 0.1) is 0 Å². The van der Waals surface area contributed by atoms with Crippen molar-refractivity contribution in [3.63, 3.8) is 0 Å². The van der Waals surface area contributed by atoms with E-state index in [4.69, 9.17) is 4.74 Å². The van der Waals surface area contributed by atoms with Crippen molar-refractivity contribution in [1.82, 2.24) is 25.0 Å². The van der Waals surface area contributed by atoms with Crippen LogP contribution in [0.1, 0.15) is 30.7 Å². The standard InChI is InChI=1S/C20H27F3N6O2/c1-24-18(26-13-15-6-8-16(9-7-15)31-14-20(21,22)23)25-10-4-12-29-19(30)28-11-3-2-5-17(28)27-29/h6-9H,2-5,10-14H2,1H3,(H2,24,25,26). The summed E-state index contributed by atoms with van der Waals surface area (Å²) in [5.41, 5.74) is 0.831. The van der Waals surface area contributed by atoms with Crippen LogP contribution in [0.5, 0.6) is 5.75 Å². The zero-order valence-electron chi connectivity index (χ0n) is 17.4. The minimum atomic E-state index is -4.36. The van der Waals surface area contributed by atoms with Crippen LogP contribution in [0.15, 0.2) is 34.1 Å². The molecule has 3 rings (SSSR count). The lowest BCUT2D eigenvalue weighted by Crippen LogP contribution is -2.37. The second-order valence-electron chi connectivity index (χ2n) is 7.28. The van der Waals surface area contributed by atoms with Crippen LogP contribution in [0.3, 0.4) is 0 Å². The molecule has 31 heavy (non-hydrogen) atoms. The third kappa shape index (κ3) is 6.76. The molecular formula is C20H27F3N6O2. The van der Waals surface area contributed by atoms with Gasteiger partial charge in [0.15, 0.2) is 12.6 Å². The van der Waals surface area contributed by atoms with Crippen molar-refractivity contribution < 1.29 is 17.9 Å². The third-order valence-corrected chi connectivity index (χ3v) is 4.88. The van der Waals surface area contributed by atoms with E-state index in [1.165, 1.54) is 16.8 Å². The summed E-state index contributed by atoms with van der Waals surface area (Å²) in [4.78, 5) is 16.5. The number of fused-ring (bicyclic) bond motifs is 1. The molecule has 0 saturated heterocycles. The smallest absolute Gasteiger partial charge is 0.422 e. The average Bonchev–Trinajstić information content (AvgIpc) is 3.08. The number of hydrogen-bond donors (Lipinski definition) is 2. The molecule has 0 fully saturated rings. The van der Waals surface area contributed by atoms with Gasteiger partial charge in [0.25, 0.3) is 0 Å². The molecule has 0 spiro atoms. The van der Waals surface area contributed by atoms with Gasteiger partial charge in [0, 0.05) is 39.6 Å². The van der Waals surface area contributed by atoms with E-state index in [2.05, 4.69) is 20.7 Å². The van der Waals surface area contributed by atoms with Crippen LogP contribution in [0.25, 0.3) is 0 Å². The Labute approximate surface area is 178 Å². The molecule has 0 aliphatic carbocycles. The van der Waals surface area contributed by atoms with Crippen LogP contribution in [0, 0.1) is 0 Å². The van der Waals surface area contributed by atoms with Crippen LogP contribution in [-0.2, 0) is 26.1 Å². The second kappa shape index (κ2) is 10.4. The van der Waals surface area contributed by atoms with Crippen molar-refractivity contribution >= 4 is 5.96 Å². The van der Waals surface area contributed by atoms with Gasteiger partial charge in [-0.1, -0.05) is 12.1 Å². The highest BCUT2D eigenvalue weighted by Gasteiger charge is 2.28. The van der Waals surface area contributed by atoms with Gasteiger partial charge in [0.2, 0.25) is 0 Å². The highest BCUT2D eigenvalue weighted by Crippen LogP contribution is 2.18. The van der Waals surface area contributed by atoms with Gasteiger partial charge in [-0.3, -0.25) is 9.56 Å². The van der Waals surface area contributed by atoms with E-state index in [1.807, 2.05) is 0 Å². The first-order valence-corrected chi connectivity index (χ1v) is 10.3. The number of guanidine groups is 1. The molecule has 1 aromatic carbocycles. The van der Waals surface area contributed by atoms with Crippen molar-refractivity contribution in [3.05, 3.63) is 46.1 Å². The minimum absolute atomic E-state index is 0.0418. The first-order chi connectivity index (χ1) is 14.9. The lowest BCUT2D eigenvalue weighted by Gasteiger charge is -2.13. The fourth-order valence-electron chi connectivity index (χ4n) is 3.30. The van der Waals surface area contributed by atoms with Gasteiger partial charge in [-0.2, -0.15) is 18.3 Å². The molecule has 2 heterocycles. The zero-order valence-corrected chi connectivity index (χ0v) is 17.4. The molecule has 8 nitrogen and oxygen atoms in total. The zero-order chi connectivity index (χ0) is 22.3. The molecule has 0 bridgehead atoms. The molecule has 11 heteroatoms. The number of aliphatic imine (C=N–C) groups is 1. The van der Waals surface area contributed by atoms with E-state index in [9.17, 15) is 18.0 Å². The maximum atomic E-state index is 12.3. The molecule has 1 aliphatic heterocycles. The number of ether oxygens (including phenoxy) is 1. The van der Waals surface area contributed by atoms with Crippen molar-refractivity contribution in [2.45, 2.75) is 51.5 Å². The number of rotatable bonds is 8. The third-order valence-electron chi connectivity index (χ3n) is 4.88. The molecule has 0 unspecified atom stereocenters. The normalized spacial score (nSPS) is 14.3. The van der Waals surface area contributed by atoms with Gasteiger partial charge in [0.1, 0.15) is 11.6 Å². The number of nitrogens with zero attached hydrogens (tertiary/aromatic N) is 4. The summed E-state index contributed by atoms with van der Waals surface area (Å²) in [7, 11) is 1.65. The van der Waals surface area contributed by atoms with E-state index in [0.29, 0.717) is 32.0 Å². The van der Waals surface area contributed by atoms with Crippen LogP contribution in [-0.4, -0.2) is 46.7 Å². The molecule has 0 atom stereocenters. The molecule has 2 N–H and O–H groups in total. The van der Waals surface area contributed by atoms with Gasteiger partial charge in [-0.15, -0.1) is 0 Å². The molecule has 0 amide bonds. The molecule has 1 aromatic heterocycles. The van der Waals surface area contributed by atoms with E-state index in [-0.39, 0.29) is 11.4 Å². The number of hydrogen-bond acceptors (Lipinski definition) is 4. The van der Waals surface area contributed by atoms with Crippen molar-refractivity contribution in [2.24, 2.45) is 4.99 Å². The minimum Gasteiger partial charge on any atom is -0.484 e. The van der Waals surface area contributed by atoms with Crippen LogP contribution in [0.2, 0.25) is 0 Å². The molecule has 0 radical (unpaired) electrons. The number of halogens is 3. The monoisotopic (exact) mass is 440 g/mol. The van der Waals surface area contributed by atoms with E-state index in [1.54, 1.807) is 23.7 Å². The lowest BCUT2D eigenvalue weighted by molar-refractivity contribution is -0.153. The van der Waals surface area contributed by atoms with Gasteiger partial charge >= 0.3 is 11.9 Å². The maximum absolute atomic E-state index is 12.3. The van der Waals surface area contributed by atoms with Gasteiger partial charge < -0.3 is 15.4 Å².